The van der Waals surface area contributed by atoms with Crippen molar-refractivity contribution in [1.29, 1.82) is 0 Å². The first kappa shape index (κ1) is 28.4. The third kappa shape index (κ3) is 5.56. The van der Waals surface area contributed by atoms with Crippen molar-refractivity contribution in [2.75, 3.05) is 13.7 Å². The standard InChI is InChI=1S/C21H41N5O10/c1-26-14-16(30)19-10(33-21(14)34-12-4-9(28)13(25)11(5-27)32-12)3-8(24)20(36-19)35-18-7(23)2-6(22)15(29)17(18)31/h6-21,26-31H,2-5,22-25H2,1H3/t6-,7?,8?,9-,10+,11?,12-,13+,14?,15?,16?,17-,18-,19?,20+,21?/m1/s1. The summed E-state index contributed by atoms with van der Waals surface area (Å²) in [4.78, 5) is 0. The van der Waals surface area contributed by atoms with Crippen LogP contribution in [0.1, 0.15) is 19.3 Å². The molecule has 0 aromatic carbocycles. The number of aliphatic hydroxyl groups is 5. The van der Waals surface area contributed by atoms with Crippen molar-refractivity contribution in [1.82, 2.24) is 5.32 Å². The maximum absolute atomic E-state index is 11.1. The van der Waals surface area contributed by atoms with Gasteiger partial charge in [-0.05, 0) is 19.9 Å². The predicted molar refractivity (Wildman–Crippen MR) is 122 cm³/mol. The molecule has 15 heteroatoms. The van der Waals surface area contributed by atoms with Gasteiger partial charge in [0.1, 0.15) is 30.5 Å². The SMILES string of the molecule is CNC1C(O[C@@H]2C[C@@H](O)[C@H](N)C(CO)O2)O[C@H]2CC(N)[C@@H](O[C@@H]3C(N)C[C@@H](N)C(O)[C@H]3O)OC2C1O. The molecule has 36 heavy (non-hydrogen) atoms. The molecule has 16 atom stereocenters. The van der Waals surface area contributed by atoms with E-state index in [9.17, 15) is 25.5 Å². The van der Waals surface area contributed by atoms with E-state index < -0.39 is 105 Å². The molecule has 15 nitrogen and oxygen atoms in total. The fourth-order valence-electron chi connectivity index (χ4n) is 5.44. The first-order valence-corrected chi connectivity index (χ1v) is 12.4. The van der Waals surface area contributed by atoms with Crippen molar-refractivity contribution < 1.29 is 49.2 Å². The molecular weight excluding hydrogens is 482 g/mol. The van der Waals surface area contributed by atoms with Gasteiger partial charge in [-0.15, -0.1) is 0 Å². The van der Waals surface area contributed by atoms with Gasteiger partial charge in [0.2, 0.25) is 0 Å². The molecule has 4 aliphatic rings. The van der Waals surface area contributed by atoms with Crippen molar-refractivity contribution >= 4 is 0 Å². The van der Waals surface area contributed by atoms with Crippen LogP contribution in [0.5, 0.6) is 0 Å². The van der Waals surface area contributed by atoms with Gasteiger partial charge < -0.3 is 77.5 Å². The molecule has 1 aliphatic carbocycles. The van der Waals surface area contributed by atoms with Gasteiger partial charge in [0, 0.05) is 18.5 Å². The fraction of sp³-hybridized carbons (Fsp3) is 1.00. The highest BCUT2D eigenvalue weighted by molar-refractivity contribution is 5.01. The van der Waals surface area contributed by atoms with Crippen LogP contribution in [0.3, 0.4) is 0 Å². The lowest BCUT2D eigenvalue weighted by Gasteiger charge is -2.51. The Morgan fingerprint density at radius 1 is 0.806 bits per heavy atom. The molecule has 0 amide bonds. The van der Waals surface area contributed by atoms with Gasteiger partial charge in [-0.1, -0.05) is 0 Å². The van der Waals surface area contributed by atoms with E-state index in [0.29, 0.717) is 0 Å². The molecule has 3 saturated heterocycles. The monoisotopic (exact) mass is 523 g/mol. The summed E-state index contributed by atoms with van der Waals surface area (Å²) in [6.07, 6.45) is -10.3. The number of hydrogen-bond acceptors (Lipinski definition) is 15. The molecule has 0 bridgehead atoms. The number of rotatable bonds is 6. The highest BCUT2D eigenvalue weighted by Gasteiger charge is 2.53. The fourth-order valence-corrected chi connectivity index (χ4v) is 5.44. The average Bonchev–Trinajstić information content (AvgIpc) is 2.83. The second-order valence-electron chi connectivity index (χ2n) is 10.2. The maximum Gasteiger partial charge on any atom is 0.179 e. The van der Waals surface area contributed by atoms with Crippen LogP contribution in [-0.4, -0.2) is 137 Å². The van der Waals surface area contributed by atoms with E-state index in [1.165, 1.54) is 0 Å². The zero-order chi connectivity index (χ0) is 26.3. The third-order valence-corrected chi connectivity index (χ3v) is 7.63. The maximum atomic E-state index is 11.1. The molecule has 3 heterocycles. The van der Waals surface area contributed by atoms with Gasteiger partial charge in [0.15, 0.2) is 18.9 Å². The minimum Gasteiger partial charge on any atom is -0.394 e. The molecule has 0 radical (unpaired) electrons. The number of aliphatic hydroxyl groups excluding tert-OH is 5. The number of nitrogens with two attached hydrogens (primary N) is 4. The number of nitrogens with one attached hydrogen (secondary N) is 1. The molecule has 4 fully saturated rings. The van der Waals surface area contributed by atoms with Crippen LogP contribution in [0.15, 0.2) is 0 Å². The predicted octanol–water partition coefficient (Wildman–Crippen LogP) is -5.92. The number of ether oxygens (including phenoxy) is 5. The second-order valence-corrected chi connectivity index (χ2v) is 10.2. The summed E-state index contributed by atoms with van der Waals surface area (Å²) in [7, 11) is 1.61. The summed E-state index contributed by atoms with van der Waals surface area (Å²) in [5, 5.41) is 54.3. The lowest BCUT2D eigenvalue weighted by molar-refractivity contribution is -0.361. The van der Waals surface area contributed by atoms with Crippen LogP contribution < -0.4 is 28.3 Å². The quantitative estimate of drug-likeness (QED) is 0.155. The van der Waals surface area contributed by atoms with Crippen LogP contribution in [0.25, 0.3) is 0 Å². The van der Waals surface area contributed by atoms with E-state index in [4.69, 9.17) is 46.6 Å². The van der Waals surface area contributed by atoms with Gasteiger partial charge in [-0.2, -0.15) is 0 Å². The number of fused-ring (bicyclic) bond motifs is 1. The largest absolute Gasteiger partial charge is 0.394 e. The Bertz CT molecular complexity index is 727. The summed E-state index contributed by atoms with van der Waals surface area (Å²) < 4.78 is 29.6. The highest BCUT2D eigenvalue weighted by Crippen LogP contribution is 2.35. The molecule has 0 aromatic heterocycles. The summed E-state index contributed by atoms with van der Waals surface area (Å²) >= 11 is 0. The lowest BCUT2D eigenvalue weighted by atomic mass is 9.84. The smallest absolute Gasteiger partial charge is 0.179 e. The van der Waals surface area contributed by atoms with Gasteiger partial charge >= 0.3 is 0 Å². The van der Waals surface area contributed by atoms with Gasteiger partial charge in [-0.25, -0.2) is 0 Å². The van der Waals surface area contributed by atoms with E-state index in [0.717, 1.165) is 0 Å². The molecule has 14 N–H and O–H groups in total. The Labute approximate surface area is 208 Å². The molecule has 0 aromatic rings. The van der Waals surface area contributed by atoms with Crippen LogP contribution in [0.4, 0.5) is 0 Å². The van der Waals surface area contributed by atoms with E-state index in [1.807, 2.05) is 0 Å². The van der Waals surface area contributed by atoms with Crippen LogP contribution in [-0.2, 0) is 23.7 Å². The van der Waals surface area contributed by atoms with E-state index in [2.05, 4.69) is 5.32 Å². The minimum absolute atomic E-state index is 0.0591. The summed E-state index contributed by atoms with van der Waals surface area (Å²) in [6.45, 7) is -0.390. The lowest BCUT2D eigenvalue weighted by Crippen LogP contribution is -2.69. The molecule has 3 aliphatic heterocycles. The number of hydrogen-bond donors (Lipinski definition) is 10. The zero-order valence-corrected chi connectivity index (χ0v) is 20.2. The molecule has 210 valence electrons. The normalized spacial score (nSPS) is 54.2. The van der Waals surface area contributed by atoms with Crippen molar-refractivity contribution in [3.05, 3.63) is 0 Å². The topological polar surface area (TPSA) is 263 Å². The van der Waals surface area contributed by atoms with Crippen molar-refractivity contribution in [2.24, 2.45) is 22.9 Å². The first-order valence-electron chi connectivity index (χ1n) is 12.4. The van der Waals surface area contributed by atoms with Gasteiger partial charge in [0.05, 0.1) is 43.0 Å². The van der Waals surface area contributed by atoms with Crippen molar-refractivity contribution in [3.8, 4) is 0 Å². The molecule has 0 spiro atoms. The van der Waals surface area contributed by atoms with Gasteiger partial charge in [0.25, 0.3) is 0 Å². The zero-order valence-electron chi connectivity index (χ0n) is 20.2. The van der Waals surface area contributed by atoms with Crippen LogP contribution in [0, 0.1) is 0 Å². The Morgan fingerprint density at radius 2 is 1.53 bits per heavy atom. The average molecular weight is 524 g/mol. The Balaban J connectivity index is 1.41. The summed E-state index contributed by atoms with van der Waals surface area (Å²) in [5.41, 5.74) is 24.1. The molecule has 8 unspecified atom stereocenters. The van der Waals surface area contributed by atoms with Crippen LogP contribution >= 0.6 is 0 Å². The Kier molecular flexibility index (Phi) is 9.19. The van der Waals surface area contributed by atoms with Crippen LogP contribution in [0.2, 0.25) is 0 Å². The van der Waals surface area contributed by atoms with Crippen molar-refractivity contribution in [3.63, 3.8) is 0 Å². The Hall–Kier alpha value is -0.600. The summed E-state index contributed by atoms with van der Waals surface area (Å²) in [6, 6.07) is -3.55. The molecule has 1 saturated carbocycles. The van der Waals surface area contributed by atoms with E-state index in [-0.39, 0.29) is 19.3 Å². The molecular formula is C21H41N5O10. The van der Waals surface area contributed by atoms with E-state index in [1.54, 1.807) is 7.05 Å². The van der Waals surface area contributed by atoms with E-state index >= 15 is 0 Å². The third-order valence-electron chi connectivity index (χ3n) is 7.63. The minimum atomic E-state index is -1.32. The van der Waals surface area contributed by atoms with Crippen molar-refractivity contribution in [2.45, 2.75) is 117 Å². The second kappa shape index (κ2) is 11.6. The number of likely N-dealkylation sites (N-methyl/N-ethyl adjacent to an activating group) is 1. The highest BCUT2D eigenvalue weighted by atomic mass is 16.8. The van der Waals surface area contributed by atoms with Gasteiger partial charge in [-0.3, -0.25) is 0 Å². The summed E-state index contributed by atoms with van der Waals surface area (Å²) in [5.74, 6) is 0. The molecule has 4 rings (SSSR count). The Morgan fingerprint density at radius 3 is 2.19 bits per heavy atom. The first-order chi connectivity index (χ1) is 17.0.